The summed E-state index contributed by atoms with van der Waals surface area (Å²) in [6.07, 6.45) is 3.82. The largest absolute Gasteiger partial charge is 0.465 e. The maximum absolute atomic E-state index is 11.7. The predicted octanol–water partition coefficient (Wildman–Crippen LogP) is 3.97. The number of ether oxygens (including phenoxy) is 2. The number of rotatable bonds is 10. The van der Waals surface area contributed by atoms with E-state index in [9.17, 15) is 9.59 Å². The third-order valence-electron chi connectivity index (χ3n) is 3.79. The number of esters is 2. The molecule has 0 spiro atoms. The van der Waals surface area contributed by atoms with Crippen molar-refractivity contribution in [2.75, 3.05) is 13.2 Å². The van der Waals surface area contributed by atoms with Gasteiger partial charge in [0.2, 0.25) is 0 Å². The van der Waals surface area contributed by atoms with Gasteiger partial charge in [0.1, 0.15) is 13.2 Å². The van der Waals surface area contributed by atoms with Gasteiger partial charge in [0, 0.05) is 5.41 Å². The van der Waals surface area contributed by atoms with Crippen LogP contribution in [0.25, 0.3) is 0 Å². The van der Waals surface area contributed by atoms with Crippen molar-refractivity contribution in [2.24, 2.45) is 17.3 Å². The van der Waals surface area contributed by atoms with Gasteiger partial charge in [0.15, 0.2) is 0 Å². The van der Waals surface area contributed by atoms with E-state index in [0.29, 0.717) is 13.2 Å². The zero-order chi connectivity index (χ0) is 16.5. The SMILES string of the molecule is CCCCC(CC)(COC(=O)C(C)C)COC(=O)C(C)C. The molecule has 0 saturated heterocycles. The Morgan fingerprint density at radius 1 is 0.905 bits per heavy atom. The average molecular weight is 300 g/mol. The van der Waals surface area contributed by atoms with Crippen LogP contribution in [0.3, 0.4) is 0 Å². The lowest BCUT2D eigenvalue weighted by molar-refractivity contribution is -0.158. The molecule has 0 rings (SSSR count). The van der Waals surface area contributed by atoms with Crippen molar-refractivity contribution in [1.82, 2.24) is 0 Å². The van der Waals surface area contributed by atoms with Crippen LogP contribution in [-0.4, -0.2) is 25.2 Å². The lowest BCUT2D eigenvalue weighted by atomic mass is 9.81. The topological polar surface area (TPSA) is 52.6 Å². The Labute approximate surface area is 129 Å². The molecule has 0 aromatic heterocycles. The number of hydrogen-bond donors (Lipinski definition) is 0. The molecule has 4 nitrogen and oxygen atoms in total. The maximum atomic E-state index is 11.7. The summed E-state index contributed by atoms with van der Waals surface area (Å²) < 4.78 is 10.8. The summed E-state index contributed by atoms with van der Waals surface area (Å²) in [5.74, 6) is -0.660. The molecule has 0 atom stereocenters. The van der Waals surface area contributed by atoms with E-state index in [4.69, 9.17) is 9.47 Å². The fraction of sp³-hybridized carbons (Fsp3) is 0.882. The maximum Gasteiger partial charge on any atom is 0.308 e. The Kier molecular flexibility index (Phi) is 9.31. The fourth-order valence-corrected chi connectivity index (χ4v) is 1.90. The second-order valence-electron chi connectivity index (χ2n) is 6.48. The average Bonchev–Trinajstić information content (AvgIpc) is 2.46. The van der Waals surface area contributed by atoms with E-state index in [2.05, 4.69) is 13.8 Å². The molecule has 0 bridgehead atoms. The van der Waals surface area contributed by atoms with Gasteiger partial charge in [-0.1, -0.05) is 54.4 Å². The third kappa shape index (κ3) is 7.49. The molecule has 124 valence electrons. The number of carbonyl (C=O) groups excluding carboxylic acids is 2. The zero-order valence-electron chi connectivity index (χ0n) is 14.5. The van der Waals surface area contributed by atoms with E-state index < -0.39 is 0 Å². The molecule has 4 heteroatoms. The van der Waals surface area contributed by atoms with Crippen LogP contribution in [0.5, 0.6) is 0 Å². The highest BCUT2D eigenvalue weighted by Gasteiger charge is 2.32. The monoisotopic (exact) mass is 300 g/mol. The Balaban J connectivity index is 4.73. The molecule has 0 radical (unpaired) electrons. The molecule has 0 aromatic carbocycles. The van der Waals surface area contributed by atoms with Gasteiger partial charge in [-0.15, -0.1) is 0 Å². The molecule has 0 fully saturated rings. The first-order valence-electron chi connectivity index (χ1n) is 8.11. The molecule has 0 aromatic rings. The normalized spacial score (nSPS) is 11.8. The van der Waals surface area contributed by atoms with E-state index in [-0.39, 0.29) is 29.2 Å². The van der Waals surface area contributed by atoms with E-state index in [1.807, 2.05) is 27.7 Å². The van der Waals surface area contributed by atoms with Gasteiger partial charge < -0.3 is 9.47 Å². The molecule has 0 N–H and O–H groups in total. The molecule has 0 aliphatic rings. The zero-order valence-corrected chi connectivity index (χ0v) is 14.5. The van der Waals surface area contributed by atoms with E-state index >= 15 is 0 Å². The van der Waals surface area contributed by atoms with Crippen LogP contribution in [-0.2, 0) is 19.1 Å². The van der Waals surface area contributed by atoms with Crippen molar-refractivity contribution in [1.29, 1.82) is 0 Å². The Bertz CT molecular complexity index is 297. The summed E-state index contributed by atoms with van der Waals surface area (Å²) in [7, 11) is 0. The van der Waals surface area contributed by atoms with E-state index in [1.165, 1.54) is 0 Å². The van der Waals surface area contributed by atoms with Crippen LogP contribution in [0.1, 0.15) is 67.2 Å². The molecule has 21 heavy (non-hydrogen) atoms. The van der Waals surface area contributed by atoms with Gasteiger partial charge in [0.25, 0.3) is 0 Å². The van der Waals surface area contributed by atoms with Crippen LogP contribution in [0, 0.1) is 17.3 Å². The Morgan fingerprint density at radius 2 is 1.33 bits per heavy atom. The minimum atomic E-state index is -0.259. The molecule has 0 heterocycles. The highest BCUT2D eigenvalue weighted by Crippen LogP contribution is 2.30. The molecule has 0 saturated carbocycles. The summed E-state index contributed by atoms with van der Waals surface area (Å²) in [6, 6.07) is 0. The van der Waals surface area contributed by atoms with Gasteiger partial charge in [-0.05, 0) is 12.8 Å². The summed E-state index contributed by atoms with van der Waals surface area (Å²) >= 11 is 0. The van der Waals surface area contributed by atoms with Crippen molar-refractivity contribution in [3.8, 4) is 0 Å². The van der Waals surface area contributed by atoms with E-state index in [0.717, 1.165) is 25.7 Å². The predicted molar refractivity (Wildman–Crippen MR) is 83.8 cm³/mol. The lowest BCUT2D eigenvalue weighted by Gasteiger charge is -2.32. The fourth-order valence-electron chi connectivity index (χ4n) is 1.90. The molecule has 0 amide bonds. The van der Waals surface area contributed by atoms with Gasteiger partial charge in [-0.2, -0.15) is 0 Å². The molecular weight excluding hydrogens is 268 g/mol. The minimum absolute atomic E-state index is 0.135. The van der Waals surface area contributed by atoms with Crippen molar-refractivity contribution in [3.63, 3.8) is 0 Å². The highest BCUT2D eigenvalue weighted by atomic mass is 16.5. The first-order valence-corrected chi connectivity index (χ1v) is 8.11. The highest BCUT2D eigenvalue weighted by molar-refractivity contribution is 5.72. The first-order chi connectivity index (χ1) is 9.78. The standard InChI is InChI=1S/C17H32O4/c1-7-9-10-17(8-2,11-20-15(18)13(3)4)12-21-16(19)14(5)6/h13-14H,7-12H2,1-6H3. The van der Waals surface area contributed by atoms with Crippen LogP contribution in [0.2, 0.25) is 0 Å². The van der Waals surface area contributed by atoms with Gasteiger partial charge in [-0.25, -0.2) is 0 Å². The van der Waals surface area contributed by atoms with Crippen molar-refractivity contribution >= 4 is 11.9 Å². The van der Waals surface area contributed by atoms with Gasteiger partial charge >= 0.3 is 11.9 Å². The molecule has 0 unspecified atom stereocenters. The first kappa shape index (κ1) is 19.9. The summed E-state index contributed by atoms with van der Waals surface area (Å²) in [4.78, 5) is 23.4. The summed E-state index contributed by atoms with van der Waals surface area (Å²) in [5.41, 5.74) is -0.259. The summed E-state index contributed by atoms with van der Waals surface area (Å²) in [5, 5.41) is 0. The lowest BCUT2D eigenvalue weighted by Crippen LogP contribution is -2.35. The molecule has 0 aliphatic carbocycles. The Morgan fingerprint density at radius 3 is 1.62 bits per heavy atom. The summed E-state index contributed by atoms with van der Waals surface area (Å²) in [6.45, 7) is 12.1. The smallest absolute Gasteiger partial charge is 0.308 e. The van der Waals surface area contributed by atoms with Crippen LogP contribution in [0.15, 0.2) is 0 Å². The Hall–Kier alpha value is -1.06. The van der Waals surface area contributed by atoms with Crippen LogP contribution < -0.4 is 0 Å². The van der Waals surface area contributed by atoms with Crippen molar-refractivity contribution in [3.05, 3.63) is 0 Å². The third-order valence-corrected chi connectivity index (χ3v) is 3.79. The van der Waals surface area contributed by atoms with Crippen LogP contribution in [0.4, 0.5) is 0 Å². The van der Waals surface area contributed by atoms with Crippen molar-refractivity contribution < 1.29 is 19.1 Å². The number of carbonyl (C=O) groups is 2. The molecule has 0 aliphatic heterocycles. The second kappa shape index (κ2) is 9.80. The van der Waals surface area contributed by atoms with Gasteiger partial charge in [-0.3, -0.25) is 9.59 Å². The van der Waals surface area contributed by atoms with Crippen LogP contribution >= 0.6 is 0 Å². The number of unbranched alkanes of at least 4 members (excludes halogenated alkanes) is 1. The van der Waals surface area contributed by atoms with Crippen molar-refractivity contribution in [2.45, 2.75) is 67.2 Å². The molecular formula is C17H32O4. The second-order valence-corrected chi connectivity index (χ2v) is 6.48. The minimum Gasteiger partial charge on any atom is -0.465 e. The van der Waals surface area contributed by atoms with Gasteiger partial charge in [0.05, 0.1) is 11.8 Å². The number of hydrogen-bond acceptors (Lipinski definition) is 4. The van der Waals surface area contributed by atoms with E-state index in [1.54, 1.807) is 0 Å². The quantitative estimate of drug-likeness (QED) is 0.573.